The van der Waals surface area contributed by atoms with Crippen molar-refractivity contribution in [3.05, 3.63) is 11.6 Å². The second kappa shape index (κ2) is 7.80. The Morgan fingerprint density at radius 1 is 1.00 bits per heavy atom. The summed E-state index contributed by atoms with van der Waals surface area (Å²) in [5, 5.41) is 54.8. The van der Waals surface area contributed by atoms with Crippen LogP contribution < -0.4 is 0 Å². The van der Waals surface area contributed by atoms with Crippen LogP contribution >= 0.6 is 0 Å². The molecule has 0 aromatic heterocycles. The monoisotopic (exact) mass is 504 g/mol. The summed E-state index contributed by atoms with van der Waals surface area (Å²) in [6, 6.07) is 0. The third kappa shape index (κ3) is 2.91. The fraction of sp³-hybridized carbons (Fsp3) is 0.900. The number of carboxylic acid groups (broad SMARTS) is 1. The van der Waals surface area contributed by atoms with Gasteiger partial charge in [0.1, 0.15) is 0 Å². The van der Waals surface area contributed by atoms with E-state index in [1.165, 1.54) is 0 Å². The molecule has 6 nitrogen and oxygen atoms in total. The second-order valence-electron chi connectivity index (χ2n) is 14.7. The lowest BCUT2D eigenvalue weighted by molar-refractivity contribution is -0.247. The van der Waals surface area contributed by atoms with Crippen molar-refractivity contribution in [1.82, 2.24) is 0 Å². The minimum atomic E-state index is -1.09. The molecule has 0 aliphatic heterocycles. The molecule has 0 aromatic carbocycles. The smallest absolute Gasteiger partial charge is 0.310 e. The molecule has 0 radical (unpaired) electrons. The third-order valence-electron chi connectivity index (χ3n) is 13.6. The first-order chi connectivity index (χ1) is 16.6. The molecule has 0 aromatic rings. The molecule has 5 aliphatic carbocycles. The summed E-state index contributed by atoms with van der Waals surface area (Å²) in [6.07, 6.45) is 6.20. The summed E-state index contributed by atoms with van der Waals surface area (Å²) in [7, 11) is 0. The van der Waals surface area contributed by atoms with E-state index in [4.69, 9.17) is 0 Å². The minimum absolute atomic E-state index is 0.0252. The predicted molar refractivity (Wildman–Crippen MR) is 137 cm³/mol. The van der Waals surface area contributed by atoms with E-state index in [1.54, 1.807) is 0 Å². The molecule has 0 amide bonds. The highest BCUT2D eigenvalue weighted by Crippen LogP contribution is 2.76. The molecule has 5 aliphatic rings. The normalized spacial score (nSPS) is 58.6. The summed E-state index contributed by atoms with van der Waals surface area (Å²) >= 11 is 0. The topological polar surface area (TPSA) is 118 Å². The molecular formula is C30H48O6. The van der Waals surface area contributed by atoms with Crippen LogP contribution in [-0.4, -0.2) is 55.9 Å². The van der Waals surface area contributed by atoms with Gasteiger partial charge >= 0.3 is 5.97 Å². The molecule has 4 fully saturated rings. The Balaban J connectivity index is 1.65. The van der Waals surface area contributed by atoms with Crippen molar-refractivity contribution in [2.75, 3.05) is 6.61 Å². The molecule has 0 saturated heterocycles. The third-order valence-corrected chi connectivity index (χ3v) is 13.6. The van der Waals surface area contributed by atoms with Crippen LogP contribution in [0.1, 0.15) is 92.9 Å². The van der Waals surface area contributed by atoms with Gasteiger partial charge in [-0.05, 0) is 92.3 Å². The molecule has 36 heavy (non-hydrogen) atoms. The number of hydrogen-bond donors (Lipinski definition) is 5. The van der Waals surface area contributed by atoms with Gasteiger partial charge in [-0.25, -0.2) is 0 Å². The molecule has 5 rings (SSSR count). The van der Waals surface area contributed by atoms with Crippen molar-refractivity contribution in [2.45, 2.75) is 111 Å². The molecule has 0 bridgehead atoms. The van der Waals surface area contributed by atoms with Crippen molar-refractivity contribution in [3.63, 3.8) is 0 Å². The number of carbonyl (C=O) groups is 1. The summed E-state index contributed by atoms with van der Waals surface area (Å²) in [4.78, 5) is 12.8. The molecule has 204 valence electrons. The number of allylic oxidation sites excluding steroid dienone is 1. The van der Waals surface area contributed by atoms with Crippen LogP contribution in [0.25, 0.3) is 0 Å². The quantitative estimate of drug-likeness (QED) is 0.361. The van der Waals surface area contributed by atoms with E-state index in [9.17, 15) is 30.3 Å². The van der Waals surface area contributed by atoms with Gasteiger partial charge in [-0.1, -0.05) is 46.3 Å². The van der Waals surface area contributed by atoms with Gasteiger partial charge in [0.25, 0.3) is 0 Å². The first kappa shape index (κ1) is 26.6. The number of aliphatic hydroxyl groups excluding tert-OH is 3. The highest BCUT2D eigenvalue weighted by Gasteiger charge is 2.72. The second-order valence-corrected chi connectivity index (χ2v) is 14.7. The Labute approximate surface area is 216 Å². The molecule has 5 N–H and O–H groups in total. The molecular weight excluding hydrogens is 456 g/mol. The van der Waals surface area contributed by atoms with Crippen molar-refractivity contribution in [2.24, 2.45) is 50.7 Å². The van der Waals surface area contributed by atoms with Gasteiger partial charge in [-0.15, -0.1) is 0 Å². The van der Waals surface area contributed by atoms with E-state index in [0.717, 1.165) is 37.7 Å². The highest BCUT2D eigenvalue weighted by atomic mass is 16.4. The lowest BCUT2D eigenvalue weighted by Crippen LogP contribution is -2.69. The maximum Gasteiger partial charge on any atom is 0.310 e. The van der Waals surface area contributed by atoms with E-state index in [2.05, 4.69) is 33.8 Å². The maximum absolute atomic E-state index is 12.8. The van der Waals surface area contributed by atoms with Gasteiger partial charge < -0.3 is 25.5 Å². The Kier molecular flexibility index (Phi) is 5.77. The summed E-state index contributed by atoms with van der Waals surface area (Å²) < 4.78 is 0. The maximum atomic E-state index is 12.8. The van der Waals surface area contributed by atoms with E-state index in [1.807, 2.05) is 13.8 Å². The zero-order valence-corrected chi connectivity index (χ0v) is 23.0. The van der Waals surface area contributed by atoms with Gasteiger partial charge in [-0.3, -0.25) is 4.79 Å². The molecule has 3 unspecified atom stereocenters. The van der Waals surface area contributed by atoms with Crippen molar-refractivity contribution in [3.8, 4) is 0 Å². The Morgan fingerprint density at radius 2 is 1.67 bits per heavy atom. The average molecular weight is 505 g/mol. The first-order valence-electron chi connectivity index (χ1n) is 14.2. The van der Waals surface area contributed by atoms with Gasteiger partial charge in [0.2, 0.25) is 0 Å². The van der Waals surface area contributed by atoms with Crippen LogP contribution in [0, 0.1) is 50.7 Å². The number of fused-ring (bicyclic) bond motifs is 7. The van der Waals surface area contributed by atoms with Crippen LogP contribution in [-0.2, 0) is 4.79 Å². The number of rotatable bonds is 2. The Bertz CT molecular complexity index is 974. The summed E-state index contributed by atoms with van der Waals surface area (Å²) in [6.45, 7) is 12.6. The van der Waals surface area contributed by atoms with E-state index in [0.29, 0.717) is 19.3 Å². The van der Waals surface area contributed by atoms with Gasteiger partial charge in [0, 0.05) is 11.3 Å². The fourth-order valence-corrected chi connectivity index (χ4v) is 11.0. The number of carboxylic acids is 1. The largest absolute Gasteiger partial charge is 0.481 e. The molecule has 12 atom stereocenters. The van der Waals surface area contributed by atoms with Crippen LogP contribution in [0.3, 0.4) is 0 Å². The van der Waals surface area contributed by atoms with E-state index in [-0.39, 0.29) is 40.6 Å². The lowest BCUT2D eigenvalue weighted by Gasteiger charge is -2.72. The molecule has 6 heteroatoms. The van der Waals surface area contributed by atoms with Crippen LogP contribution in [0.4, 0.5) is 0 Å². The standard InChI is InChI=1S/C30H48O6/c1-17-9-12-30(24(34)35)14-13-27(4)18(22(30)29(17,6)36)7-8-21-25(2)15-19(32)23(33)26(3,16-31)20(25)10-11-28(21,27)5/h7,17,19-23,31-33,36H,8-16H2,1-6H3,(H,34,35)/t17-,19-,20?,21?,22?,23-,25-,26-,27+,28+,29+,30-/m0/s1. The zero-order valence-electron chi connectivity index (χ0n) is 23.0. The van der Waals surface area contributed by atoms with Crippen LogP contribution in [0.15, 0.2) is 11.6 Å². The van der Waals surface area contributed by atoms with Crippen LogP contribution in [0.2, 0.25) is 0 Å². The fourth-order valence-electron chi connectivity index (χ4n) is 11.0. The van der Waals surface area contributed by atoms with Crippen molar-refractivity contribution < 1.29 is 30.3 Å². The predicted octanol–water partition coefficient (Wildman–Crippen LogP) is 4.15. The first-order valence-corrected chi connectivity index (χ1v) is 14.2. The summed E-state index contributed by atoms with van der Waals surface area (Å²) in [5.41, 5.74) is -2.28. The molecule has 0 spiro atoms. The Morgan fingerprint density at radius 3 is 2.28 bits per heavy atom. The lowest BCUT2D eigenvalue weighted by atomic mass is 9.33. The summed E-state index contributed by atoms with van der Waals surface area (Å²) in [5.74, 6) is -0.834. The number of aliphatic carboxylic acids is 1. The Hall–Kier alpha value is -0.950. The van der Waals surface area contributed by atoms with Gasteiger partial charge in [-0.2, -0.15) is 0 Å². The van der Waals surface area contributed by atoms with E-state index < -0.39 is 40.5 Å². The number of hydrogen-bond acceptors (Lipinski definition) is 5. The molecule has 4 saturated carbocycles. The number of aliphatic hydroxyl groups is 4. The zero-order chi connectivity index (χ0) is 26.7. The van der Waals surface area contributed by atoms with Gasteiger partial charge in [0.05, 0.1) is 29.8 Å². The van der Waals surface area contributed by atoms with Crippen molar-refractivity contribution in [1.29, 1.82) is 0 Å². The SMILES string of the molecule is C[C@H]1CC[C@]2(C(=O)O)CC[C@]3(C)C(=CCC4[C@@]5(C)C[C@H](O)[C@H](O)[C@@](C)(CO)C5CC[C@]43C)C2[C@]1(C)O. The molecule has 0 heterocycles. The van der Waals surface area contributed by atoms with Crippen LogP contribution in [0.5, 0.6) is 0 Å². The highest BCUT2D eigenvalue weighted by molar-refractivity contribution is 5.77. The van der Waals surface area contributed by atoms with E-state index >= 15 is 0 Å². The average Bonchev–Trinajstić information content (AvgIpc) is 2.80. The van der Waals surface area contributed by atoms with Crippen molar-refractivity contribution >= 4 is 5.97 Å². The minimum Gasteiger partial charge on any atom is -0.481 e. The van der Waals surface area contributed by atoms with Gasteiger partial charge in [0.15, 0.2) is 0 Å².